The molecular formula is C20H18BrF4NO3. The van der Waals surface area contributed by atoms with Crippen molar-refractivity contribution in [1.29, 1.82) is 0 Å². The van der Waals surface area contributed by atoms with Crippen LogP contribution in [0, 0.1) is 0 Å². The Hall–Kier alpha value is -2.55. The van der Waals surface area contributed by atoms with Crippen LogP contribution >= 0.6 is 15.9 Å². The topological polar surface area (TPSA) is 47.6 Å². The number of nitrogens with one attached hydrogen (secondary N) is 1. The Labute approximate surface area is 173 Å². The number of allylic oxidation sites excluding steroid dienone is 1. The van der Waals surface area contributed by atoms with Gasteiger partial charge in [0.15, 0.2) is 0 Å². The number of benzene rings is 2. The largest absolute Gasteiger partial charge is 0.497 e. The molecule has 0 aliphatic carbocycles. The van der Waals surface area contributed by atoms with Crippen molar-refractivity contribution in [2.24, 2.45) is 0 Å². The molecule has 1 amide bonds. The van der Waals surface area contributed by atoms with Crippen molar-refractivity contribution in [1.82, 2.24) is 5.32 Å². The first-order valence-corrected chi connectivity index (χ1v) is 9.10. The summed E-state index contributed by atoms with van der Waals surface area (Å²) in [6.45, 7) is 2.66. The van der Waals surface area contributed by atoms with E-state index in [4.69, 9.17) is 9.47 Å². The van der Waals surface area contributed by atoms with Gasteiger partial charge in [-0.25, -0.2) is 4.79 Å². The van der Waals surface area contributed by atoms with Crippen molar-refractivity contribution in [3.05, 3.63) is 76.8 Å². The van der Waals surface area contributed by atoms with Gasteiger partial charge in [-0.3, -0.25) is 0 Å². The Morgan fingerprint density at radius 1 is 1.10 bits per heavy atom. The highest BCUT2D eigenvalue weighted by Crippen LogP contribution is 2.48. The average molecular weight is 476 g/mol. The minimum absolute atomic E-state index is 0.213. The predicted octanol–water partition coefficient (Wildman–Crippen LogP) is 5.84. The third-order valence-electron chi connectivity index (χ3n) is 4.05. The number of alkyl carbamates (subject to hydrolysis) is 1. The van der Waals surface area contributed by atoms with Crippen molar-refractivity contribution < 1.29 is 31.8 Å². The zero-order valence-electron chi connectivity index (χ0n) is 15.3. The van der Waals surface area contributed by atoms with Gasteiger partial charge in [0.1, 0.15) is 18.4 Å². The van der Waals surface area contributed by atoms with Crippen molar-refractivity contribution >= 4 is 22.0 Å². The first kappa shape index (κ1) is 22.7. The number of carbonyl (C=O) groups excluding carboxylic acids is 1. The lowest BCUT2D eigenvalue weighted by Gasteiger charge is -2.33. The molecule has 0 spiro atoms. The molecule has 0 aliphatic rings. The summed E-state index contributed by atoms with van der Waals surface area (Å²) in [5, 5.41) is 1.85. The van der Waals surface area contributed by atoms with Crippen LogP contribution in [0.5, 0.6) is 5.75 Å². The van der Waals surface area contributed by atoms with Gasteiger partial charge in [-0.2, -0.15) is 17.6 Å². The maximum Gasteiger partial charge on any atom is 0.408 e. The zero-order chi connectivity index (χ0) is 21.7. The summed E-state index contributed by atoms with van der Waals surface area (Å²) in [6.07, 6.45) is -1.27. The molecule has 0 saturated heterocycles. The number of amides is 1. The van der Waals surface area contributed by atoms with Crippen molar-refractivity contribution in [2.75, 3.05) is 7.11 Å². The molecule has 29 heavy (non-hydrogen) atoms. The minimum Gasteiger partial charge on any atom is -0.497 e. The van der Waals surface area contributed by atoms with E-state index in [2.05, 4.69) is 22.5 Å². The van der Waals surface area contributed by atoms with Gasteiger partial charge in [-0.15, -0.1) is 0 Å². The van der Waals surface area contributed by atoms with Crippen LogP contribution < -0.4 is 10.1 Å². The summed E-state index contributed by atoms with van der Waals surface area (Å²) >= 11 is 2.33. The molecule has 1 N–H and O–H groups in total. The second-order valence-electron chi connectivity index (χ2n) is 6.01. The quantitative estimate of drug-likeness (QED) is 0.487. The van der Waals surface area contributed by atoms with Gasteiger partial charge >= 0.3 is 17.9 Å². The fourth-order valence-electron chi connectivity index (χ4n) is 2.42. The van der Waals surface area contributed by atoms with Crippen LogP contribution in [0.3, 0.4) is 0 Å². The van der Waals surface area contributed by atoms with Crippen LogP contribution in [-0.4, -0.2) is 25.0 Å². The summed E-state index contributed by atoms with van der Waals surface area (Å²) < 4.78 is 66.5. The van der Waals surface area contributed by atoms with E-state index >= 15 is 0 Å². The molecule has 0 fully saturated rings. The van der Waals surface area contributed by atoms with Crippen LogP contribution in [0.2, 0.25) is 0 Å². The molecule has 0 bridgehead atoms. The SMILES string of the molecule is C=C(Br)C(F)(F)C(F)(F)C(NC(=O)OCc1ccccc1)c1ccc(OC)cc1. The molecule has 0 saturated carbocycles. The third-order valence-corrected chi connectivity index (χ3v) is 4.54. The lowest BCUT2D eigenvalue weighted by atomic mass is 9.95. The standard InChI is InChI=1S/C20H18BrF4NO3/c1-13(21)19(22,23)20(24,25)17(15-8-10-16(28-2)11-9-15)26-18(27)29-12-14-6-4-3-5-7-14/h3-11,17H,1,12H2,2H3,(H,26,27). The summed E-state index contributed by atoms with van der Waals surface area (Å²) in [4.78, 5) is 12.1. The first-order chi connectivity index (χ1) is 13.6. The third kappa shape index (κ3) is 5.29. The number of methoxy groups -OCH3 is 1. The monoisotopic (exact) mass is 475 g/mol. The number of hydrogen-bond donors (Lipinski definition) is 1. The van der Waals surface area contributed by atoms with E-state index in [1.807, 2.05) is 5.32 Å². The van der Waals surface area contributed by atoms with Crippen LogP contribution in [0.15, 0.2) is 65.7 Å². The molecule has 0 heterocycles. The number of ether oxygens (including phenoxy) is 2. The Kier molecular flexibility index (Phi) is 7.29. The van der Waals surface area contributed by atoms with E-state index in [1.54, 1.807) is 30.3 Å². The summed E-state index contributed by atoms with van der Waals surface area (Å²) in [7, 11) is 1.36. The molecule has 1 unspecified atom stereocenters. The average Bonchev–Trinajstić information content (AvgIpc) is 2.71. The van der Waals surface area contributed by atoms with E-state index < -0.39 is 28.5 Å². The minimum atomic E-state index is -4.71. The Balaban J connectivity index is 2.28. The molecule has 2 aromatic rings. The van der Waals surface area contributed by atoms with Crippen molar-refractivity contribution in [2.45, 2.75) is 24.5 Å². The molecular weight excluding hydrogens is 458 g/mol. The molecule has 2 rings (SSSR count). The van der Waals surface area contributed by atoms with Gasteiger partial charge in [0.05, 0.1) is 11.6 Å². The predicted molar refractivity (Wildman–Crippen MR) is 103 cm³/mol. The van der Waals surface area contributed by atoms with E-state index in [9.17, 15) is 22.4 Å². The molecule has 2 aromatic carbocycles. The number of hydrogen-bond acceptors (Lipinski definition) is 3. The number of alkyl halides is 4. The van der Waals surface area contributed by atoms with Crippen LogP contribution in [0.25, 0.3) is 0 Å². The Bertz CT molecular complexity index is 845. The van der Waals surface area contributed by atoms with Crippen molar-refractivity contribution in [3.8, 4) is 5.75 Å². The van der Waals surface area contributed by atoms with Crippen LogP contribution in [-0.2, 0) is 11.3 Å². The molecule has 9 heteroatoms. The van der Waals surface area contributed by atoms with Gasteiger partial charge < -0.3 is 14.8 Å². The van der Waals surface area contributed by atoms with Gasteiger partial charge in [0.2, 0.25) is 0 Å². The summed E-state index contributed by atoms with van der Waals surface area (Å²) in [6, 6.07) is 11.0. The highest BCUT2D eigenvalue weighted by molar-refractivity contribution is 9.11. The highest BCUT2D eigenvalue weighted by atomic mass is 79.9. The number of halogens is 5. The van der Waals surface area contributed by atoms with Crippen LogP contribution in [0.1, 0.15) is 17.2 Å². The summed E-state index contributed by atoms with van der Waals surface area (Å²) in [5.41, 5.74) is 0.343. The second-order valence-corrected chi connectivity index (χ2v) is 6.97. The normalized spacial score (nSPS) is 12.8. The highest BCUT2D eigenvalue weighted by Gasteiger charge is 2.63. The lowest BCUT2D eigenvalue weighted by Crippen LogP contribution is -2.51. The maximum absolute atomic E-state index is 14.8. The number of rotatable bonds is 8. The van der Waals surface area contributed by atoms with Gasteiger partial charge in [0, 0.05) is 0 Å². The number of carbonyl (C=O) groups is 1. The van der Waals surface area contributed by atoms with Crippen molar-refractivity contribution in [3.63, 3.8) is 0 Å². The van der Waals surface area contributed by atoms with Gasteiger partial charge in [-0.1, -0.05) is 49.0 Å². The fourth-order valence-corrected chi connectivity index (χ4v) is 2.69. The summed E-state index contributed by atoms with van der Waals surface area (Å²) in [5.74, 6) is -9.03. The van der Waals surface area contributed by atoms with Gasteiger partial charge in [-0.05, 0) is 39.2 Å². The zero-order valence-corrected chi connectivity index (χ0v) is 16.9. The van der Waals surface area contributed by atoms with E-state index in [0.29, 0.717) is 11.3 Å². The van der Waals surface area contributed by atoms with E-state index in [-0.39, 0.29) is 12.2 Å². The lowest BCUT2D eigenvalue weighted by molar-refractivity contribution is -0.198. The molecule has 4 nitrogen and oxygen atoms in total. The van der Waals surface area contributed by atoms with Crippen LogP contribution in [0.4, 0.5) is 22.4 Å². The molecule has 0 aliphatic heterocycles. The smallest absolute Gasteiger partial charge is 0.408 e. The van der Waals surface area contributed by atoms with E-state index in [0.717, 1.165) is 12.1 Å². The molecule has 156 valence electrons. The first-order valence-electron chi connectivity index (χ1n) is 8.31. The molecule has 1 atom stereocenters. The van der Waals surface area contributed by atoms with E-state index in [1.165, 1.54) is 19.2 Å². The fraction of sp³-hybridized carbons (Fsp3) is 0.250. The Morgan fingerprint density at radius 2 is 1.69 bits per heavy atom. The van der Waals surface area contributed by atoms with Gasteiger partial charge in [0.25, 0.3) is 0 Å². The maximum atomic E-state index is 14.8. The molecule has 0 aromatic heterocycles. The molecule has 0 radical (unpaired) electrons. The second kappa shape index (κ2) is 9.30. The Morgan fingerprint density at radius 3 is 2.21 bits per heavy atom.